The molecular weight excluding hydrogens is 693 g/mol. The van der Waals surface area contributed by atoms with Gasteiger partial charge >= 0.3 is 0 Å². The minimum Gasteiger partial charge on any atom is -0.299 e. The average Bonchev–Trinajstić information content (AvgIpc) is 3.87. The summed E-state index contributed by atoms with van der Waals surface area (Å²) in [4.78, 5) is 22.8. The molecule has 1 nitrogen and oxygen atoms in total. The van der Waals surface area contributed by atoms with Gasteiger partial charge in [-0.25, -0.2) is 0 Å². The lowest BCUT2D eigenvalue weighted by atomic mass is 10.1. The topological polar surface area (TPSA) is 17.1 Å². The van der Waals surface area contributed by atoms with Crippen molar-refractivity contribution in [1.29, 1.82) is 0 Å². The molecule has 4 aromatic rings. The Kier molecular flexibility index (Phi) is 7.52. The van der Waals surface area contributed by atoms with E-state index in [1.54, 1.807) is 0 Å². The van der Waals surface area contributed by atoms with Crippen molar-refractivity contribution in [3.63, 3.8) is 0 Å². The summed E-state index contributed by atoms with van der Waals surface area (Å²) in [5.41, 5.74) is 5.92. The predicted molar refractivity (Wildman–Crippen MR) is 195 cm³/mol. The van der Waals surface area contributed by atoms with Gasteiger partial charge < -0.3 is 0 Å². The summed E-state index contributed by atoms with van der Waals surface area (Å²) in [6.07, 6.45) is 2.80. The molecule has 44 heavy (non-hydrogen) atoms. The minimum absolute atomic E-state index is 0.981. The Hall–Kier alpha value is -1.95. The Morgan fingerprint density at radius 1 is 0.341 bits per heavy atom. The highest BCUT2D eigenvalue weighted by Gasteiger charge is 2.43. The zero-order valence-corrected chi connectivity index (χ0v) is 29.1. The van der Waals surface area contributed by atoms with Crippen molar-refractivity contribution in [1.82, 2.24) is 0 Å². The molecule has 1 saturated carbocycles. The van der Waals surface area contributed by atoms with E-state index in [1.165, 1.54) is 78.4 Å². The molecule has 0 atom stereocenters. The maximum absolute atomic E-state index is 12.5. The highest BCUT2D eigenvalue weighted by atomic mass is 32.2. The Morgan fingerprint density at radius 3 is 0.795 bits per heavy atom. The number of hydrogen-bond acceptors (Lipinski definition) is 9. The van der Waals surface area contributed by atoms with Gasteiger partial charge in [0.15, 0.2) is 0 Å². The molecule has 9 heteroatoms. The van der Waals surface area contributed by atoms with Crippen LogP contribution in [0.4, 0.5) is 0 Å². The third-order valence-electron chi connectivity index (χ3n) is 7.36. The van der Waals surface area contributed by atoms with Crippen molar-refractivity contribution in [2.75, 3.05) is 0 Å². The molecule has 0 saturated heterocycles. The first kappa shape index (κ1) is 28.3. The summed E-state index contributed by atoms with van der Waals surface area (Å²) >= 11 is 14.8. The second-order valence-electron chi connectivity index (χ2n) is 9.97. The normalized spacial score (nSPS) is 18.3. The maximum Gasteiger partial charge on any atom is 0.143 e. The second-order valence-corrected chi connectivity index (χ2v) is 19.4. The van der Waals surface area contributed by atoms with Crippen LogP contribution < -0.4 is 0 Å². The zero-order chi connectivity index (χ0) is 29.2. The van der Waals surface area contributed by atoms with E-state index >= 15 is 0 Å². The standard InChI is InChI=1S/C35H18OS8/c36-18-17-19-28(32-37-20-9-1-2-10-21(20)38-32)30(34-41-24-13-5-6-14-25(24)42-34)31(35-43-26-15-7-8-16-27(26)44-35)29(19)33-39-22-11-3-4-12-23(22)40-33/h1-18H. The fourth-order valence-corrected chi connectivity index (χ4v) is 15.9. The van der Waals surface area contributed by atoms with E-state index in [2.05, 4.69) is 97.1 Å². The molecule has 0 spiro atoms. The van der Waals surface area contributed by atoms with Crippen LogP contribution in [0.2, 0.25) is 0 Å². The highest BCUT2D eigenvalue weighted by Crippen LogP contribution is 2.68. The summed E-state index contributed by atoms with van der Waals surface area (Å²) in [5, 5.41) is 0. The number of allylic oxidation sites excluding steroid dienone is 6. The molecule has 0 bridgehead atoms. The summed E-state index contributed by atoms with van der Waals surface area (Å²) in [6.45, 7) is 0. The van der Waals surface area contributed by atoms with Crippen molar-refractivity contribution >= 4 is 100 Å². The number of benzene rings is 4. The average molecular weight is 711 g/mol. The predicted octanol–water partition coefficient (Wildman–Crippen LogP) is 12.6. The lowest BCUT2D eigenvalue weighted by Crippen LogP contribution is -1.90. The SMILES string of the molecule is O=CC=C1C(=C2Sc3ccccc3S2)C(=C2Sc3ccccc3S2)C(=C2Sc3ccccc3S2)C1=C1Sc2ccccc2S1. The van der Waals surface area contributed by atoms with E-state index < -0.39 is 0 Å². The van der Waals surface area contributed by atoms with E-state index in [9.17, 15) is 4.79 Å². The molecule has 1 aliphatic carbocycles. The number of rotatable bonds is 1. The van der Waals surface area contributed by atoms with Gasteiger partial charge in [-0.3, -0.25) is 4.79 Å². The van der Waals surface area contributed by atoms with Crippen molar-refractivity contribution < 1.29 is 4.79 Å². The van der Waals surface area contributed by atoms with Crippen molar-refractivity contribution in [2.24, 2.45) is 0 Å². The first-order valence-electron chi connectivity index (χ1n) is 13.7. The molecule has 4 aromatic carbocycles. The quantitative estimate of drug-likeness (QED) is 0.141. The Morgan fingerprint density at radius 2 is 0.568 bits per heavy atom. The molecule has 5 aliphatic rings. The molecule has 1 fully saturated rings. The lowest BCUT2D eigenvalue weighted by molar-refractivity contribution is -0.104. The van der Waals surface area contributed by atoms with Crippen molar-refractivity contribution in [3.8, 4) is 0 Å². The highest BCUT2D eigenvalue weighted by molar-refractivity contribution is 8.26. The van der Waals surface area contributed by atoms with Crippen LogP contribution in [0.15, 0.2) is 187 Å². The molecule has 0 N–H and O–H groups in total. The number of carbonyl (C=O) groups excluding carboxylic acids is 1. The van der Waals surface area contributed by atoms with E-state index in [0.717, 1.165) is 11.9 Å². The largest absolute Gasteiger partial charge is 0.299 e. The van der Waals surface area contributed by atoms with Crippen LogP contribution in [-0.2, 0) is 4.79 Å². The first-order valence-corrected chi connectivity index (χ1v) is 20.2. The third kappa shape index (κ3) is 4.78. The van der Waals surface area contributed by atoms with E-state index in [1.807, 2.05) is 100 Å². The van der Waals surface area contributed by atoms with Gasteiger partial charge in [-0.1, -0.05) is 143 Å². The van der Waals surface area contributed by atoms with Gasteiger partial charge in [-0.05, 0) is 60.2 Å². The number of hydrogen-bond donors (Lipinski definition) is 0. The fourth-order valence-electron chi connectivity index (χ4n) is 5.48. The third-order valence-corrected chi connectivity index (χ3v) is 17.6. The molecule has 0 aromatic heterocycles. The molecule has 212 valence electrons. The van der Waals surface area contributed by atoms with E-state index in [4.69, 9.17) is 0 Å². The van der Waals surface area contributed by atoms with Gasteiger partial charge in [0.05, 0.1) is 16.9 Å². The van der Waals surface area contributed by atoms with E-state index in [-0.39, 0.29) is 0 Å². The smallest absolute Gasteiger partial charge is 0.143 e. The summed E-state index contributed by atoms with van der Waals surface area (Å²) in [7, 11) is 0. The molecule has 0 radical (unpaired) electrons. The minimum atomic E-state index is 0.981. The molecule has 0 unspecified atom stereocenters. The van der Waals surface area contributed by atoms with Gasteiger partial charge in [0, 0.05) is 61.5 Å². The zero-order valence-electron chi connectivity index (χ0n) is 22.6. The van der Waals surface area contributed by atoms with Crippen LogP contribution in [0.1, 0.15) is 0 Å². The van der Waals surface area contributed by atoms with Gasteiger partial charge in [0.25, 0.3) is 0 Å². The molecular formula is C35H18OS8. The van der Waals surface area contributed by atoms with Crippen molar-refractivity contribution in [3.05, 3.63) is 148 Å². The Balaban J connectivity index is 1.35. The molecule has 9 rings (SSSR count). The van der Waals surface area contributed by atoms with Gasteiger partial charge in [-0.15, -0.1) is 0 Å². The molecule has 4 heterocycles. The summed E-state index contributed by atoms with van der Waals surface area (Å²) < 4.78 is 5.04. The van der Waals surface area contributed by atoms with Crippen LogP contribution >= 0.6 is 94.1 Å². The number of aldehydes is 1. The number of thioether (sulfide) groups is 8. The van der Waals surface area contributed by atoms with Gasteiger partial charge in [0.2, 0.25) is 0 Å². The second kappa shape index (κ2) is 11.7. The monoisotopic (exact) mass is 710 g/mol. The maximum atomic E-state index is 12.5. The molecule has 4 aliphatic heterocycles. The van der Waals surface area contributed by atoms with Crippen molar-refractivity contribution in [2.45, 2.75) is 39.2 Å². The summed E-state index contributed by atoms with van der Waals surface area (Å²) in [5.74, 6) is 0. The van der Waals surface area contributed by atoms with E-state index in [0.29, 0.717) is 0 Å². The summed E-state index contributed by atoms with van der Waals surface area (Å²) in [6, 6.07) is 34.7. The number of carbonyl (C=O) groups is 1. The van der Waals surface area contributed by atoms with Crippen LogP contribution in [0, 0.1) is 0 Å². The lowest BCUT2D eigenvalue weighted by Gasteiger charge is -2.12. The Bertz CT molecular complexity index is 1850. The van der Waals surface area contributed by atoms with Crippen LogP contribution in [0.5, 0.6) is 0 Å². The number of fused-ring (bicyclic) bond motifs is 4. The van der Waals surface area contributed by atoms with Gasteiger partial charge in [-0.2, -0.15) is 0 Å². The Labute approximate surface area is 289 Å². The van der Waals surface area contributed by atoms with Crippen LogP contribution in [0.25, 0.3) is 0 Å². The van der Waals surface area contributed by atoms with Crippen LogP contribution in [-0.4, -0.2) is 6.29 Å². The fraction of sp³-hybridized carbons (Fsp3) is 0. The first-order chi connectivity index (χ1) is 21.7. The van der Waals surface area contributed by atoms with Crippen LogP contribution in [0.3, 0.4) is 0 Å². The van der Waals surface area contributed by atoms with Gasteiger partial charge in [0.1, 0.15) is 6.29 Å². The molecule has 0 amide bonds.